The van der Waals surface area contributed by atoms with Crippen molar-refractivity contribution in [3.8, 4) is 23.7 Å². The van der Waals surface area contributed by atoms with Gasteiger partial charge in [0, 0.05) is 16.7 Å². The predicted molar refractivity (Wildman–Crippen MR) is 115 cm³/mol. The number of hydrogen-bond donors (Lipinski definition) is 0. The van der Waals surface area contributed by atoms with Gasteiger partial charge in [0.05, 0.1) is 5.56 Å². The van der Waals surface area contributed by atoms with Crippen molar-refractivity contribution >= 4 is 0 Å². The highest BCUT2D eigenvalue weighted by Gasteiger charge is 2.11. The van der Waals surface area contributed by atoms with Crippen LogP contribution in [0.5, 0.6) is 0 Å². The molecule has 29 heavy (non-hydrogen) atoms. The van der Waals surface area contributed by atoms with Crippen LogP contribution in [0.2, 0.25) is 0 Å². The monoisotopic (exact) mass is 384 g/mol. The Balaban J connectivity index is 1.74. The number of benzene rings is 3. The van der Waals surface area contributed by atoms with Crippen molar-refractivity contribution in [1.82, 2.24) is 0 Å². The summed E-state index contributed by atoms with van der Waals surface area (Å²) >= 11 is 0. The van der Waals surface area contributed by atoms with Crippen LogP contribution in [0, 0.1) is 35.3 Å². The zero-order valence-corrected chi connectivity index (χ0v) is 16.7. The van der Waals surface area contributed by atoms with E-state index >= 15 is 0 Å². The van der Waals surface area contributed by atoms with Crippen LogP contribution in [0.1, 0.15) is 53.6 Å². The van der Waals surface area contributed by atoms with Crippen LogP contribution in [-0.2, 0) is 12.8 Å². The van der Waals surface area contributed by atoms with E-state index in [9.17, 15) is 8.78 Å². The molecule has 0 atom stereocenters. The van der Waals surface area contributed by atoms with Crippen molar-refractivity contribution in [2.45, 2.75) is 33.1 Å². The molecule has 0 aliphatic carbocycles. The molecule has 0 spiro atoms. The van der Waals surface area contributed by atoms with Crippen LogP contribution in [-0.4, -0.2) is 0 Å². The molecule has 0 unspecified atom stereocenters. The molecule has 0 aromatic heterocycles. The summed E-state index contributed by atoms with van der Waals surface area (Å²) in [5, 5.41) is 0. The first kappa shape index (κ1) is 20.4. The smallest absolute Gasteiger partial charge is 0.174 e. The number of halogens is 2. The maximum Gasteiger partial charge on any atom is 0.174 e. The summed E-state index contributed by atoms with van der Waals surface area (Å²) in [5.74, 6) is 10.2. The van der Waals surface area contributed by atoms with Crippen LogP contribution in [0.15, 0.2) is 60.7 Å². The highest BCUT2D eigenvalue weighted by molar-refractivity contribution is 5.48. The van der Waals surface area contributed by atoms with E-state index in [0.717, 1.165) is 29.5 Å². The minimum atomic E-state index is -0.875. The molecule has 0 fully saturated rings. The van der Waals surface area contributed by atoms with Gasteiger partial charge in [0.15, 0.2) is 11.6 Å². The van der Waals surface area contributed by atoms with Crippen LogP contribution in [0.25, 0.3) is 0 Å². The molecular formula is C27H22F2. The molecule has 3 aromatic rings. The molecule has 0 bridgehead atoms. The Hall–Kier alpha value is -3.36. The normalized spacial score (nSPS) is 9.93. The number of aryl methyl sites for hydroxylation is 2. The van der Waals surface area contributed by atoms with E-state index in [-0.39, 0.29) is 5.56 Å². The van der Waals surface area contributed by atoms with Crippen molar-refractivity contribution in [2.75, 3.05) is 0 Å². The molecule has 0 saturated heterocycles. The Labute approximate surface area is 171 Å². The molecule has 144 valence electrons. The Bertz CT molecular complexity index is 1100. The molecule has 3 aromatic carbocycles. The molecule has 0 heterocycles. The molecule has 0 nitrogen and oxygen atoms in total. The van der Waals surface area contributed by atoms with Crippen LogP contribution >= 0.6 is 0 Å². The van der Waals surface area contributed by atoms with Gasteiger partial charge in [-0.25, -0.2) is 8.78 Å². The van der Waals surface area contributed by atoms with Gasteiger partial charge in [0.25, 0.3) is 0 Å². The van der Waals surface area contributed by atoms with E-state index in [1.165, 1.54) is 5.56 Å². The standard InChI is InChI=1S/C27H22F2/c1-3-5-24-18-19-25(27(29)26(24)28)17-16-23-14-12-22(13-15-23)11-10-21-8-6-20(4-2)7-9-21/h6-9,12-15,18-19H,3-5H2,1-2H3. The fourth-order valence-electron chi connectivity index (χ4n) is 2.89. The minimum absolute atomic E-state index is 0.0711. The van der Waals surface area contributed by atoms with Gasteiger partial charge >= 0.3 is 0 Å². The van der Waals surface area contributed by atoms with Crippen LogP contribution in [0.3, 0.4) is 0 Å². The van der Waals surface area contributed by atoms with Crippen molar-refractivity contribution in [1.29, 1.82) is 0 Å². The molecule has 0 aliphatic heterocycles. The summed E-state index contributed by atoms with van der Waals surface area (Å²) in [6.07, 6.45) is 2.29. The highest BCUT2D eigenvalue weighted by Crippen LogP contribution is 2.17. The molecule has 0 saturated carbocycles. The lowest BCUT2D eigenvalue weighted by molar-refractivity contribution is 0.496. The first-order valence-corrected chi connectivity index (χ1v) is 9.80. The number of rotatable bonds is 3. The van der Waals surface area contributed by atoms with Gasteiger partial charge in [-0.15, -0.1) is 0 Å². The molecule has 0 amide bonds. The SMILES string of the molecule is CCCc1ccc(C#Cc2ccc(C#Cc3ccc(CC)cc3)cc2)c(F)c1F. The van der Waals surface area contributed by atoms with Gasteiger partial charge in [-0.2, -0.15) is 0 Å². The summed E-state index contributed by atoms with van der Waals surface area (Å²) < 4.78 is 28.2. The average Bonchev–Trinajstić information content (AvgIpc) is 2.76. The fourth-order valence-corrected chi connectivity index (χ4v) is 2.89. The molecule has 2 heteroatoms. The van der Waals surface area contributed by atoms with Crippen molar-refractivity contribution in [2.24, 2.45) is 0 Å². The first-order valence-electron chi connectivity index (χ1n) is 9.80. The second-order valence-electron chi connectivity index (χ2n) is 6.78. The first-order chi connectivity index (χ1) is 14.1. The Kier molecular flexibility index (Phi) is 6.83. The average molecular weight is 384 g/mol. The van der Waals surface area contributed by atoms with E-state index in [0.29, 0.717) is 12.0 Å². The maximum absolute atomic E-state index is 14.2. The van der Waals surface area contributed by atoms with E-state index in [1.54, 1.807) is 12.1 Å². The second-order valence-corrected chi connectivity index (χ2v) is 6.78. The Morgan fingerprint density at radius 1 is 0.621 bits per heavy atom. The maximum atomic E-state index is 14.2. The van der Waals surface area contributed by atoms with Gasteiger partial charge in [-0.05, 0) is 66.4 Å². The van der Waals surface area contributed by atoms with Crippen LogP contribution in [0.4, 0.5) is 8.78 Å². The predicted octanol–water partition coefficient (Wildman–Crippen LogP) is 6.28. The highest BCUT2D eigenvalue weighted by atomic mass is 19.2. The second kappa shape index (κ2) is 9.72. The van der Waals surface area contributed by atoms with E-state index < -0.39 is 11.6 Å². The van der Waals surface area contributed by atoms with Gasteiger partial charge in [0.1, 0.15) is 0 Å². The van der Waals surface area contributed by atoms with Crippen molar-refractivity contribution in [3.05, 3.63) is 106 Å². The third-order valence-corrected chi connectivity index (χ3v) is 4.62. The largest absolute Gasteiger partial charge is 0.203 e. The minimum Gasteiger partial charge on any atom is -0.203 e. The topological polar surface area (TPSA) is 0 Å². The van der Waals surface area contributed by atoms with Crippen LogP contribution < -0.4 is 0 Å². The van der Waals surface area contributed by atoms with Crippen molar-refractivity contribution in [3.63, 3.8) is 0 Å². The van der Waals surface area contributed by atoms with Gasteiger partial charge in [-0.1, -0.05) is 62.1 Å². The lowest BCUT2D eigenvalue weighted by Gasteiger charge is -2.03. The van der Waals surface area contributed by atoms with E-state index in [2.05, 4.69) is 42.7 Å². The summed E-state index contributed by atoms with van der Waals surface area (Å²) in [7, 11) is 0. The lowest BCUT2D eigenvalue weighted by atomic mass is 10.1. The third-order valence-electron chi connectivity index (χ3n) is 4.62. The molecular weight excluding hydrogens is 362 g/mol. The molecule has 0 aliphatic rings. The van der Waals surface area contributed by atoms with Gasteiger partial charge < -0.3 is 0 Å². The summed E-state index contributed by atoms with van der Waals surface area (Å²) in [6, 6.07) is 18.8. The third kappa shape index (κ3) is 5.34. The zero-order valence-electron chi connectivity index (χ0n) is 16.7. The Morgan fingerprint density at radius 2 is 1.14 bits per heavy atom. The summed E-state index contributed by atoms with van der Waals surface area (Å²) in [5.41, 5.74) is 4.31. The van der Waals surface area contributed by atoms with Gasteiger partial charge in [-0.3, -0.25) is 0 Å². The Morgan fingerprint density at radius 3 is 1.66 bits per heavy atom. The lowest BCUT2D eigenvalue weighted by Crippen LogP contribution is -1.97. The van der Waals surface area contributed by atoms with Crippen molar-refractivity contribution < 1.29 is 8.78 Å². The molecule has 3 rings (SSSR count). The van der Waals surface area contributed by atoms with E-state index in [1.807, 2.05) is 43.3 Å². The molecule has 0 radical (unpaired) electrons. The number of hydrogen-bond acceptors (Lipinski definition) is 0. The summed E-state index contributed by atoms with van der Waals surface area (Å²) in [4.78, 5) is 0. The molecule has 0 N–H and O–H groups in total. The van der Waals surface area contributed by atoms with Gasteiger partial charge in [0.2, 0.25) is 0 Å². The zero-order chi connectivity index (χ0) is 20.6. The summed E-state index contributed by atoms with van der Waals surface area (Å²) in [6.45, 7) is 4.05. The van der Waals surface area contributed by atoms with E-state index in [4.69, 9.17) is 0 Å². The quantitative estimate of drug-likeness (QED) is 0.466. The fraction of sp³-hybridized carbons (Fsp3) is 0.185.